The predicted molar refractivity (Wildman–Crippen MR) is 113 cm³/mol. The summed E-state index contributed by atoms with van der Waals surface area (Å²) >= 11 is 1.43. The van der Waals surface area contributed by atoms with Crippen LogP contribution in [0.4, 0.5) is 5.69 Å². The predicted octanol–water partition coefficient (Wildman–Crippen LogP) is 3.41. The third kappa shape index (κ3) is 3.55. The lowest BCUT2D eigenvalue weighted by Gasteiger charge is -2.29. The van der Waals surface area contributed by atoms with Gasteiger partial charge in [-0.2, -0.15) is 5.26 Å². The Morgan fingerprint density at radius 2 is 1.64 bits per heavy atom. The second kappa shape index (κ2) is 8.34. The van der Waals surface area contributed by atoms with Crippen LogP contribution in [-0.2, 0) is 4.79 Å². The van der Waals surface area contributed by atoms with Gasteiger partial charge >= 0.3 is 0 Å². The van der Waals surface area contributed by atoms with Crippen molar-refractivity contribution >= 4 is 29.1 Å². The van der Waals surface area contributed by atoms with Crippen LogP contribution in [0.15, 0.2) is 76.7 Å². The zero-order valence-electron chi connectivity index (χ0n) is 15.3. The Kier molecular flexibility index (Phi) is 5.47. The van der Waals surface area contributed by atoms with Crippen LogP contribution in [0.5, 0.6) is 0 Å². The van der Waals surface area contributed by atoms with Crippen molar-refractivity contribution in [3.05, 3.63) is 82.2 Å². The van der Waals surface area contributed by atoms with Crippen LogP contribution in [0, 0.1) is 11.3 Å². The van der Waals surface area contributed by atoms with Crippen LogP contribution in [0.3, 0.4) is 0 Å². The first-order valence-electron chi connectivity index (χ1n) is 9.21. The monoisotopic (exact) mass is 388 g/mol. The molecule has 1 fully saturated rings. The first-order chi connectivity index (χ1) is 13.8. The van der Waals surface area contributed by atoms with E-state index < -0.39 is 0 Å². The number of nitrogens with zero attached hydrogens (tertiary/aromatic N) is 3. The molecule has 2 heterocycles. The van der Waals surface area contributed by atoms with Crippen LogP contribution in [0.2, 0.25) is 0 Å². The van der Waals surface area contributed by atoms with E-state index in [2.05, 4.69) is 11.4 Å². The minimum atomic E-state index is -0.199. The van der Waals surface area contributed by atoms with Gasteiger partial charge in [0.1, 0.15) is 16.7 Å². The number of amides is 1. The van der Waals surface area contributed by atoms with Gasteiger partial charge in [0.25, 0.3) is 5.91 Å². The van der Waals surface area contributed by atoms with Crippen LogP contribution in [0.1, 0.15) is 5.56 Å². The average molecular weight is 388 g/mol. The van der Waals surface area contributed by atoms with E-state index in [1.165, 1.54) is 11.8 Å². The van der Waals surface area contributed by atoms with Gasteiger partial charge < -0.3 is 15.1 Å². The van der Waals surface area contributed by atoms with Gasteiger partial charge in [0, 0.05) is 37.3 Å². The molecule has 1 saturated heterocycles. The Morgan fingerprint density at radius 3 is 2.29 bits per heavy atom. The fraction of sp³-hybridized carbons (Fsp3) is 0.182. The molecule has 0 aromatic heterocycles. The van der Waals surface area contributed by atoms with E-state index >= 15 is 0 Å². The first kappa shape index (κ1) is 18.4. The Balaban J connectivity index is 1.78. The number of hydrogen-bond donors (Lipinski definition) is 1. The number of para-hydroxylation sites is 1. The number of piperazine rings is 1. The Bertz CT molecular complexity index is 957. The highest BCUT2D eigenvalue weighted by molar-refractivity contribution is 8.06. The van der Waals surface area contributed by atoms with E-state index in [0.717, 1.165) is 30.0 Å². The number of benzene rings is 2. The molecule has 4 rings (SSSR count). The smallest absolute Gasteiger partial charge is 0.267 e. The van der Waals surface area contributed by atoms with Crippen molar-refractivity contribution in [1.29, 1.82) is 5.26 Å². The normalized spacial score (nSPS) is 18.5. The van der Waals surface area contributed by atoms with E-state index in [1.54, 1.807) is 4.90 Å². The molecule has 2 aromatic carbocycles. The Hall–Kier alpha value is -3.01. The highest BCUT2D eigenvalue weighted by Gasteiger charge is 2.31. The summed E-state index contributed by atoms with van der Waals surface area (Å²) in [5.41, 5.74) is 3.13. The fourth-order valence-corrected chi connectivity index (χ4v) is 4.37. The van der Waals surface area contributed by atoms with Crippen LogP contribution in [-0.4, -0.2) is 37.0 Å². The maximum absolute atomic E-state index is 13.1. The quantitative estimate of drug-likeness (QED) is 0.645. The lowest BCUT2D eigenvalue weighted by atomic mass is 10.1. The zero-order valence-corrected chi connectivity index (χ0v) is 16.2. The van der Waals surface area contributed by atoms with Gasteiger partial charge in [0.2, 0.25) is 0 Å². The molecule has 0 spiro atoms. The highest BCUT2D eigenvalue weighted by Crippen LogP contribution is 2.44. The van der Waals surface area contributed by atoms with Crippen LogP contribution < -0.4 is 10.2 Å². The van der Waals surface area contributed by atoms with E-state index in [-0.39, 0.29) is 11.5 Å². The number of rotatable bonds is 3. The molecule has 2 aliphatic rings. The molecule has 28 heavy (non-hydrogen) atoms. The zero-order chi connectivity index (χ0) is 19.3. The van der Waals surface area contributed by atoms with Crippen molar-refractivity contribution in [2.75, 3.05) is 31.1 Å². The summed E-state index contributed by atoms with van der Waals surface area (Å²) in [5.74, 6) is -0.199. The lowest BCUT2D eigenvalue weighted by molar-refractivity contribution is -0.127. The second-order valence-corrected chi connectivity index (χ2v) is 7.35. The van der Waals surface area contributed by atoms with Crippen molar-refractivity contribution in [2.45, 2.75) is 0 Å². The molecule has 0 saturated carbocycles. The van der Waals surface area contributed by atoms with E-state index in [0.29, 0.717) is 18.1 Å². The van der Waals surface area contributed by atoms with Crippen molar-refractivity contribution in [1.82, 2.24) is 10.2 Å². The molecule has 2 aromatic rings. The minimum Gasteiger partial charge on any atom is -0.335 e. The number of hydrogen-bond acceptors (Lipinski definition) is 5. The summed E-state index contributed by atoms with van der Waals surface area (Å²) in [5, 5.41) is 15.8. The summed E-state index contributed by atoms with van der Waals surface area (Å²) in [6, 6.07) is 22.1. The van der Waals surface area contributed by atoms with Gasteiger partial charge in [-0.15, -0.1) is 0 Å². The van der Waals surface area contributed by atoms with Gasteiger partial charge in [-0.1, -0.05) is 60.3 Å². The standard InChI is InChI=1S/C22H20N4OS/c23-15-19(21(27)25-13-11-24-12-14-25)22-26(18-9-5-2-6-10-18)20(16-28-22)17-7-3-1-4-8-17/h1-10,16,24H,11-14H2. The van der Waals surface area contributed by atoms with Gasteiger partial charge in [0.15, 0.2) is 0 Å². The van der Waals surface area contributed by atoms with Gasteiger partial charge in [-0.25, -0.2) is 0 Å². The third-order valence-electron chi connectivity index (χ3n) is 4.75. The highest BCUT2D eigenvalue weighted by atomic mass is 32.2. The maximum Gasteiger partial charge on any atom is 0.267 e. The second-order valence-electron chi connectivity index (χ2n) is 6.49. The molecule has 0 unspecified atom stereocenters. The van der Waals surface area contributed by atoms with Gasteiger partial charge in [0.05, 0.1) is 5.70 Å². The Labute approximate surface area is 168 Å². The molecule has 1 amide bonds. The number of nitriles is 1. The molecular formula is C22H20N4OS. The molecule has 5 nitrogen and oxygen atoms in total. The van der Waals surface area contributed by atoms with Crippen molar-refractivity contribution in [2.24, 2.45) is 0 Å². The summed E-state index contributed by atoms with van der Waals surface area (Å²) in [6.45, 7) is 2.74. The van der Waals surface area contributed by atoms with Crippen LogP contribution in [0.25, 0.3) is 5.70 Å². The maximum atomic E-state index is 13.1. The molecule has 0 bridgehead atoms. The molecule has 6 heteroatoms. The lowest BCUT2D eigenvalue weighted by Crippen LogP contribution is -2.47. The topological polar surface area (TPSA) is 59.4 Å². The van der Waals surface area contributed by atoms with E-state index in [4.69, 9.17) is 0 Å². The van der Waals surface area contributed by atoms with E-state index in [1.807, 2.05) is 71.0 Å². The summed E-state index contributed by atoms with van der Waals surface area (Å²) in [7, 11) is 0. The molecule has 0 radical (unpaired) electrons. The molecule has 0 atom stereocenters. The third-order valence-corrected chi connectivity index (χ3v) is 5.70. The molecule has 1 N–H and O–H groups in total. The van der Waals surface area contributed by atoms with Crippen molar-refractivity contribution in [3.63, 3.8) is 0 Å². The Morgan fingerprint density at radius 1 is 1.00 bits per heavy atom. The molecule has 2 aliphatic heterocycles. The average Bonchev–Trinajstić information content (AvgIpc) is 3.21. The molecule has 140 valence electrons. The summed E-state index contributed by atoms with van der Waals surface area (Å²) in [6.07, 6.45) is 0. The molecule has 0 aliphatic carbocycles. The number of carbonyl (C=O) groups is 1. The number of thioether (sulfide) groups is 1. The van der Waals surface area contributed by atoms with Gasteiger partial charge in [-0.05, 0) is 17.7 Å². The minimum absolute atomic E-state index is 0.193. The summed E-state index contributed by atoms with van der Waals surface area (Å²) < 4.78 is 0. The van der Waals surface area contributed by atoms with Gasteiger partial charge in [-0.3, -0.25) is 4.79 Å². The number of carbonyl (C=O) groups excluding carboxylic acids is 1. The summed E-state index contributed by atoms with van der Waals surface area (Å²) in [4.78, 5) is 16.9. The fourth-order valence-electron chi connectivity index (χ4n) is 3.35. The SMILES string of the molecule is N#CC(C(=O)N1CCNCC1)=C1SC=C(c2ccccc2)N1c1ccccc1. The number of anilines is 1. The largest absolute Gasteiger partial charge is 0.335 e. The first-order valence-corrected chi connectivity index (χ1v) is 10.1. The van der Waals surface area contributed by atoms with Crippen molar-refractivity contribution in [3.8, 4) is 6.07 Å². The van der Waals surface area contributed by atoms with Crippen molar-refractivity contribution < 1.29 is 4.79 Å². The van der Waals surface area contributed by atoms with E-state index in [9.17, 15) is 10.1 Å². The number of nitrogens with one attached hydrogen (secondary N) is 1. The van der Waals surface area contributed by atoms with Crippen LogP contribution >= 0.6 is 11.8 Å². The molecular weight excluding hydrogens is 368 g/mol.